The third-order valence-corrected chi connectivity index (χ3v) is 3.00. The monoisotopic (exact) mass is 328 g/mol. The Labute approximate surface area is 138 Å². The molecule has 7 nitrogen and oxygen atoms in total. The SMILES string of the molecule is COC(=O)c1ccc(C(=O)NNC(=O)COc2ccccc2)cc1. The van der Waals surface area contributed by atoms with Gasteiger partial charge in [-0.2, -0.15) is 0 Å². The van der Waals surface area contributed by atoms with Crippen molar-refractivity contribution >= 4 is 17.8 Å². The number of carbonyl (C=O) groups excluding carboxylic acids is 3. The summed E-state index contributed by atoms with van der Waals surface area (Å²) in [6, 6.07) is 14.7. The van der Waals surface area contributed by atoms with Crippen molar-refractivity contribution in [1.29, 1.82) is 0 Å². The van der Waals surface area contributed by atoms with Crippen LogP contribution in [0.2, 0.25) is 0 Å². The van der Waals surface area contributed by atoms with Gasteiger partial charge in [0.2, 0.25) is 0 Å². The molecule has 0 atom stereocenters. The molecular formula is C17H16N2O5. The number of amides is 2. The van der Waals surface area contributed by atoms with E-state index < -0.39 is 17.8 Å². The summed E-state index contributed by atoms with van der Waals surface area (Å²) >= 11 is 0. The number of nitrogens with one attached hydrogen (secondary N) is 2. The van der Waals surface area contributed by atoms with Crippen LogP contribution in [-0.2, 0) is 9.53 Å². The van der Waals surface area contributed by atoms with E-state index in [0.29, 0.717) is 11.3 Å². The van der Waals surface area contributed by atoms with Crippen LogP contribution >= 0.6 is 0 Å². The van der Waals surface area contributed by atoms with Crippen LogP contribution in [0.5, 0.6) is 5.75 Å². The maximum absolute atomic E-state index is 11.9. The van der Waals surface area contributed by atoms with E-state index in [1.165, 1.54) is 31.4 Å². The van der Waals surface area contributed by atoms with Crippen molar-refractivity contribution in [3.8, 4) is 5.75 Å². The lowest BCUT2D eigenvalue weighted by Crippen LogP contribution is -2.43. The van der Waals surface area contributed by atoms with Crippen LogP contribution in [0.3, 0.4) is 0 Å². The van der Waals surface area contributed by atoms with Crippen molar-refractivity contribution in [2.75, 3.05) is 13.7 Å². The lowest BCUT2D eigenvalue weighted by molar-refractivity contribution is -0.123. The van der Waals surface area contributed by atoms with E-state index in [1.54, 1.807) is 24.3 Å². The Hall–Kier alpha value is -3.35. The summed E-state index contributed by atoms with van der Waals surface area (Å²) in [6.07, 6.45) is 0. The lowest BCUT2D eigenvalue weighted by Gasteiger charge is -2.09. The van der Waals surface area contributed by atoms with Crippen molar-refractivity contribution in [2.45, 2.75) is 0 Å². The summed E-state index contributed by atoms with van der Waals surface area (Å²) in [6.45, 7) is -0.231. The Morgan fingerprint density at radius 1 is 0.875 bits per heavy atom. The first kappa shape index (κ1) is 17.0. The summed E-state index contributed by atoms with van der Waals surface area (Å²) < 4.78 is 9.81. The predicted octanol–water partition coefficient (Wildman–Crippen LogP) is 1.31. The number of esters is 1. The molecule has 0 bridgehead atoms. The molecule has 0 saturated carbocycles. The summed E-state index contributed by atoms with van der Waals surface area (Å²) in [4.78, 5) is 34.8. The largest absolute Gasteiger partial charge is 0.484 e. The highest BCUT2D eigenvalue weighted by molar-refractivity contribution is 5.97. The van der Waals surface area contributed by atoms with Gasteiger partial charge in [0.25, 0.3) is 11.8 Å². The molecular weight excluding hydrogens is 312 g/mol. The molecule has 0 heterocycles. The molecule has 2 aromatic carbocycles. The minimum atomic E-state index is -0.514. The highest BCUT2D eigenvalue weighted by Gasteiger charge is 2.10. The first-order chi connectivity index (χ1) is 11.6. The fourth-order valence-corrected chi connectivity index (χ4v) is 1.78. The van der Waals surface area contributed by atoms with E-state index in [4.69, 9.17) is 4.74 Å². The Morgan fingerprint density at radius 3 is 2.12 bits per heavy atom. The van der Waals surface area contributed by atoms with Crippen molar-refractivity contribution in [2.24, 2.45) is 0 Å². The molecule has 0 fully saturated rings. The highest BCUT2D eigenvalue weighted by atomic mass is 16.5. The van der Waals surface area contributed by atoms with Gasteiger partial charge < -0.3 is 9.47 Å². The molecule has 0 aliphatic heterocycles. The summed E-state index contributed by atoms with van der Waals surface area (Å²) in [5.74, 6) is -0.955. The molecule has 0 radical (unpaired) electrons. The molecule has 2 amide bonds. The minimum absolute atomic E-state index is 0.231. The number of ether oxygens (including phenoxy) is 2. The van der Waals surface area contributed by atoms with Crippen LogP contribution in [0.4, 0.5) is 0 Å². The van der Waals surface area contributed by atoms with E-state index in [1.807, 2.05) is 6.07 Å². The van der Waals surface area contributed by atoms with Gasteiger partial charge in [-0.25, -0.2) is 4.79 Å². The standard InChI is InChI=1S/C17H16N2O5/c1-23-17(22)13-9-7-12(8-10-13)16(21)19-18-15(20)11-24-14-5-3-2-4-6-14/h2-10H,11H2,1H3,(H,18,20)(H,19,21). The van der Waals surface area contributed by atoms with Gasteiger partial charge in [0.05, 0.1) is 12.7 Å². The van der Waals surface area contributed by atoms with Crippen LogP contribution in [0, 0.1) is 0 Å². The summed E-state index contributed by atoms with van der Waals surface area (Å²) in [7, 11) is 1.27. The van der Waals surface area contributed by atoms with E-state index in [0.717, 1.165) is 0 Å². The fourth-order valence-electron chi connectivity index (χ4n) is 1.78. The fraction of sp³-hybridized carbons (Fsp3) is 0.118. The molecule has 0 spiro atoms. The molecule has 0 unspecified atom stereocenters. The molecule has 2 N–H and O–H groups in total. The van der Waals surface area contributed by atoms with Crippen LogP contribution in [-0.4, -0.2) is 31.5 Å². The molecule has 0 aromatic heterocycles. The van der Waals surface area contributed by atoms with Gasteiger partial charge in [-0.05, 0) is 36.4 Å². The summed E-state index contributed by atoms with van der Waals surface area (Å²) in [5.41, 5.74) is 5.12. The molecule has 24 heavy (non-hydrogen) atoms. The van der Waals surface area contributed by atoms with Crippen LogP contribution < -0.4 is 15.6 Å². The Balaban J connectivity index is 1.79. The number of carbonyl (C=O) groups is 3. The quantitative estimate of drug-likeness (QED) is 0.638. The second-order valence-electron chi connectivity index (χ2n) is 4.67. The zero-order valence-electron chi connectivity index (χ0n) is 12.9. The van der Waals surface area contributed by atoms with Crippen molar-refractivity contribution in [3.63, 3.8) is 0 Å². The zero-order valence-corrected chi connectivity index (χ0v) is 12.9. The van der Waals surface area contributed by atoms with Gasteiger partial charge >= 0.3 is 5.97 Å². The van der Waals surface area contributed by atoms with Crippen LogP contribution in [0.15, 0.2) is 54.6 Å². The molecule has 2 rings (SSSR count). The highest BCUT2D eigenvalue weighted by Crippen LogP contribution is 2.07. The van der Waals surface area contributed by atoms with Gasteiger partial charge in [-0.15, -0.1) is 0 Å². The van der Waals surface area contributed by atoms with E-state index in [-0.39, 0.29) is 12.2 Å². The number of hydrogen-bond donors (Lipinski definition) is 2. The van der Waals surface area contributed by atoms with E-state index in [9.17, 15) is 14.4 Å². The molecule has 0 aliphatic carbocycles. The van der Waals surface area contributed by atoms with Gasteiger partial charge in [0.1, 0.15) is 5.75 Å². The number of benzene rings is 2. The molecule has 2 aromatic rings. The molecule has 7 heteroatoms. The minimum Gasteiger partial charge on any atom is -0.484 e. The van der Waals surface area contributed by atoms with E-state index in [2.05, 4.69) is 15.6 Å². The number of methoxy groups -OCH3 is 1. The van der Waals surface area contributed by atoms with Crippen molar-refractivity contribution < 1.29 is 23.9 Å². The normalized spacial score (nSPS) is 9.71. The predicted molar refractivity (Wildman–Crippen MR) is 85.3 cm³/mol. The van der Waals surface area contributed by atoms with Crippen molar-refractivity contribution in [1.82, 2.24) is 10.9 Å². The zero-order chi connectivity index (χ0) is 17.4. The van der Waals surface area contributed by atoms with Gasteiger partial charge in [0, 0.05) is 5.56 Å². The number of rotatable bonds is 5. The molecule has 0 saturated heterocycles. The second-order valence-corrected chi connectivity index (χ2v) is 4.67. The molecule has 124 valence electrons. The third kappa shape index (κ3) is 4.84. The van der Waals surface area contributed by atoms with Gasteiger partial charge in [0.15, 0.2) is 6.61 Å². The van der Waals surface area contributed by atoms with Gasteiger partial charge in [-0.1, -0.05) is 18.2 Å². The number of hydrazine groups is 1. The Bertz CT molecular complexity index is 714. The maximum Gasteiger partial charge on any atom is 0.337 e. The van der Waals surface area contributed by atoms with Crippen molar-refractivity contribution in [3.05, 3.63) is 65.7 Å². The smallest absolute Gasteiger partial charge is 0.337 e. The topological polar surface area (TPSA) is 93.7 Å². The second kappa shape index (κ2) is 8.33. The third-order valence-electron chi connectivity index (χ3n) is 3.00. The summed E-state index contributed by atoms with van der Waals surface area (Å²) in [5, 5.41) is 0. The van der Waals surface area contributed by atoms with Crippen LogP contribution in [0.1, 0.15) is 20.7 Å². The Kier molecular flexibility index (Phi) is 5.90. The first-order valence-electron chi connectivity index (χ1n) is 7.05. The lowest BCUT2D eigenvalue weighted by atomic mass is 10.1. The number of hydrogen-bond acceptors (Lipinski definition) is 5. The van der Waals surface area contributed by atoms with Gasteiger partial charge in [-0.3, -0.25) is 20.4 Å². The number of para-hydroxylation sites is 1. The van der Waals surface area contributed by atoms with E-state index >= 15 is 0 Å². The van der Waals surface area contributed by atoms with Crippen LogP contribution in [0.25, 0.3) is 0 Å². The molecule has 0 aliphatic rings. The maximum atomic E-state index is 11.9. The average molecular weight is 328 g/mol. The Morgan fingerprint density at radius 2 is 1.50 bits per heavy atom. The first-order valence-corrected chi connectivity index (χ1v) is 7.05. The average Bonchev–Trinajstić information content (AvgIpc) is 2.64.